The molecule has 0 aromatic rings. The molecule has 40 heavy (non-hydrogen) atoms. The molecule has 0 aliphatic carbocycles. The fourth-order valence-electron chi connectivity index (χ4n) is 5.08. The monoisotopic (exact) mass is 556 g/mol. The van der Waals surface area contributed by atoms with Crippen molar-refractivity contribution in [2.45, 2.75) is 142 Å². The molecule has 2 N–H and O–H groups in total. The molecule has 4 heteroatoms. The van der Waals surface area contributed by atoms with Gasteiger partial charge in [0.2, 0.25) is 0 Å². The molecule has 0 rings (SSSR count). The zero-order chi connectivity index (χ0) is 29.5. The van der Waals surface area contributed by atoms with E-state index in [1.54, 1.807) is 12.2 Å². The van der Waals surface area contributed by atoms with Gasteiger partial charge in [-0.25, -0.2) is 4.79 Å². The van der Waals surface area contributed by atoms with Crippen LogP contribution in [0.1, 0.15) is 142 Å². The first-order valence-electron chi connectivity index (χ1n) is 16.3. The van der Waals surface area contributed by atoms with E-state index < -0.39 is 11.9 Å². The van der Waals surface area contributed by atoms with Gasteiger partial charge in [-0.1, -0.05) is 133 Å². The molecule has 2 atom stereocenters. The number of unbranched alkanes of at least 4 members (excludes halogenated alkanes) is 11. The second-order valence-corrected chi connectivity index (χ2v) is 11.0. The molecule has 0 radical (unpaired) electrons. The third-order valence-corrected chi connectivity index (χ3v) is 7.41. The Labute approximate surface area is 246 Å². The van der Waals surface area contributed by atoms with E-state index in [1.807, 2.05) is 6.08 Å². The SMILES string of the molecule is CCC=CCC=CCC=CCCCCCCC(C(=O)O)C(CCCCCC)CCCCCCC=CC=CC(=O)O. The lowest BCUT2D eigenvalue weighted by Crippen LogP contribution is -2.24. The van der Waals surface area contributed by atoms with Crippen LogP contribution in [-0.2, 0) is 9.59 Å². The van der Waals surface area contributed by atoms with Crippen molar-refractivity contribution in [2.24, 2.45) is 11.8 Å². The number of hydrogen-bond donors (Lipinski definition) is 2. The molecular weight excluding hydrogens is 496 g/mol. The predicted octanol–water partition coefficient (Wildman–Crippen LogP) is 11.0. The summed E-state index contributed by atoms with van der Waals surface area (Å²) in [5.74, 6) is -1.43. The summed E-state index contributed by atoms with van der Waals surface area (Å²) < 4.78 is 0. The molecule has 228 valence electrons. The minimum Gasteiger partial charge on any atom is -0.481 e. The van der Waals surface area contributed by atoms with Crippen molar-refractivity contribution in [1.29, 1.82) is 0 Å². The maximum Gasteiger partial charge on any atom is 0.328 e. The second-order valence-electron chi connectivity index (χ2n) is 11.0. The number of carboxylic acids is 2. The molecule has 4 nitrogen and oxygen atoms in total. The molecule has 0 saturated heterocycles. The van der Waals surface area contributed by atoms with E-state index in [4.69, 9.17) is 5.11 Å². The highest BCUT2D eigenvalue weighted by molar-refractivity contribution is 5.80. The summed E-state index contributed by atoms with van der Waals surface area (Å²) >= 11 is 0. The summed E-state index contributed by atoms with van der Waals surface area (Å²) in [7, 11) is 0. The van der Waals surface area contributed by atoms with Crippen molar-refractivity contribution in [3.05, 3.63) is 60.8 Å². The molecule has 0 fully saturated rings. The summed E-state index contributed by atoms with van der Waals surface area (Å²) in [5, 5.41) is 18.7. The van der Waals surface area contributed by atoms with Gasteiger partial charge in [0.1, 0.15) is 0 Å². The van der Waals surface area contributed by atoms with Crippen molar-refractivity contribution in [3.8, 4) is 0 Å². The number of carboxylic acid groups (broad SMARTS) is 2. The minimum absolute atomic E-state index is 0.204. The van der Waals surface area contributed by atoms with Crippen LogP contribution in [0.2, 0.25) is 0 Å². The summed E-state index contributed by atoms with van der Waals surface area (Å²) in [6, 6.07) is 0. The van der Waals surface area contributed by atoms with E-state index in [0.29, 0.717) is 5.92 Å². The van der Waals surface area contributed by atoms with E-state index in [0.717, 1.165) is 102 Å². The molecule has 0 aliphatic rings. The molecule has 0 aliphatic heterocycles. The maximum absolute atomic E-state index is 12.2. The van der Waals surface area contributed by atoms with Gasteiger partial charge in [0.15, 0.2) is 0 Å². The Morgan fingerprint density at radius 3 is 1.68 bits per heavy atom. The van der Waals surface area contributed by atoms with Gasteiger partial charge in [-0.05, 0) is 70.1 Å². The zero-order valence-corrected chi connectivity index (χ0v) is 25.8. The molecule has 2 unspecified atom stereocenters. The first kappa shape index (κ1) is 37.6. The van der Waals surface area contributed by atoms with Crippen LogP contribution in [-0.4, -0.2) is 22.2 Å². The normalized spacial score (nSPS) is 13.9. The lowest BCUT2D eigenvalue weighted by Gasteiger charge is -2.24. The van der Waals surface area contributed by atoms with Crippen LogP contribution >= 0.6 is 0 Å². The zero-order valence-electron chi connectivity index (χ0n) is 25.8. The predicted molar refractivity (Wildman–Crippen MR) is 172 cm³/mol. The highest BCUT2D eigenvalue weighted by Gasteiger charge is 2.26. The molecule has 0 aromatic heterocycles. The fraction of sp³-hybridized carbons (Fsp3) is 0.667. The average molecular weight is 557 g/mol. The van der Waals surface area contributed by atoms with Gasteiger partial charge in [0.25, 0.3) is 0 Å². The topological polar surface area (TPSA) is 74.6 Å². The quantitative estimate of drug-likeness (QED) is 0.0435. The molecule has 0 amide bonds. The second kappa shape index (κ2) is 29.6. The molecule has 0 spiro atoms. The average Bonchev–Trinajstić information content (AvgIpc) is 2.93. The van der Waals surface area contributed by atoms with Crippen molar-refractivity contribution in [2.75, 3.05) is 0 Å². The van der Waals surface area contributed by atoms with Gasteiger partial charge in [0.05, 0.1) is 5.92 Å². The van der Waals surface area contributed by atoms with Crippen LogP contribution in [0.15, 0.2) is 60.8 Å². The standard InChI is InChI=1S/C36H60O4/c1-3-5-7-9-10-11-12-13-14-15-16-20-23-27-31-34(36(39)40)33(29-25-8-6-4-2)30-26-22-19-17-18-21-24-28-32-35(37)38/h5,7,10-11,13-14,21,24,28,32-34H,3-4,6,8-9,12,15-20,22-23,25-27,29-31H2,1-2H3,(H,37,38)(H,39,40). The van der Waals surface area contributed by atoms with Crippen LogP contribution in [0.5, 0.6) is 0 Å². The fourth-order valence-corrected chi connectivity index (χ4v) is 5.08. The number of allylic oxidation sites excluding steroid dienone is 9. The highest BCUT2D eigenvalue weighted by atomic mass is 16.4. The Balaban J connectivity index is 4.33. The molecule has 0 bridgehead atoms. The molecule has 0 heterocycles. The lowest BCUT2D eigenvalue weighted by atomic mass is 9.80. The van der Waals surface area contributed by atoms with Crippen molar-refractivity contribution in [3.63, 3.8) is 0 Å². The summed E-state index contributed by atoms with van der Waals surface area (Å²) in [6.45, 7) is 4.37. The van der Waals surface area contributed by atoms with Gasteiger partial charge in [-0.3, -0.25) is 4.79 Å². The first-order chi connectivity index (χ1) is 19.5. The molecular formula is C36H60O4. The Hall–Kier alpha value is -2.36. The first-order valence-corrected chi connectivity index (χ1v) is 16.3. The lowest BCUT2D eigenvalue weighted by molar-refractivity contribution is -0.144. The van der Waals surface area contributed by atoms with E-state index in [9.17, 15) is 14.7 Å². The minimum atomic E-state index is -0.924. The van der Waals surface area contributed by atoms with Crippen molar-refractivity contribution in [1.82, 2.24) is 0 Å². The number of rotatable bonds is 28. The van der Waals surface area contributed by atoms with Crippen LogP contribution in [0.25, 0.3) is 0 Å². The van der Waals surface area contributed by atoms with Gasteiger partial charge in [-0.2, -0.15) is 0 Å². The van der Waals surface area contributed by atoms with Crippen LogP contribution in [0.3, 0.4) is 0 Å². The Morgan fingerprint density at radius 1 is 0.575 bits per heavy atom. The van der Waals surface area contributed by atoms with Gasteiger partial charge in [0, 0.05) is 6.08 Å². The molecule has 0 saturated carbocycles. The Bertz CT molecular complexity index is 744. The van der Waals surface area contributed by atoms with Gasteiger partial charge in [-0.15, -0.1) is 0 Å². The summed E-state index contributed by atoms with van der Waals surface area (Å²) in [5.41, 5.74) is 0. The smallest absolute Gasteiger partial charge is 0.328 e. The van der Waals surface area contributed by atoms with Crippen molar-refractivity contribution < 1.29 is 19.8 Å². The summed E-state index contributed by atoms with van der Waals surface area (Å²) in [4.78, 5) is 22.7. The number of carbonyl (C=O) groups is 2. The Morgan fingerprint density at radius 2 is 1.10 bits per heavy atom. The van der Waals surface area contributed by atoms with Gasteiger partial charge < -0.3 is 10.2 Å². The van der Waals surface area contributed by atoms with Crippen molar-refractivity contribution >= 4 is 11.9 Å². The third-order valence-electron chi connectivity index (χ3n) is 7.41. The van der Waals surface area contributed by atoms with Crippen LogP contribution in [0, 0.1) is 11.8 Å². The van der Waals surface area contributed by atoms with E-state index in [1.165, 1.54) is 32.1 Å². The summed E-state index contributed by atoms with van der Waals surface area (Å²) in [6.07, 6.45) is 41.7. The highest BCUT2D eigenvalue weighted by Crippen LogP contribution is 2.30. The van der Waals surface area contributed by atoms with Crippen LogP contribution in [0.4, 0.5) is 0 Å². The molecule has 0 aromatic carbocycles. The third kappa shape index (κ3) is 25.9. The van der Waals surface area contributed by atoms with E-state index in [2.05, 4.69) is 50.3 Å². The van der Waals surface area contributed by atoms with E-state index >= 15 is 0 Å². The van der Waals surface area contributed by atoms with E-state index in [-0.39, 0.29) is 5.92 Å². The largest absolute Gasteiger partial charge is 0.481 e. The van der Waals surface area contributed by atoms with Crippen LogP contribution < -0.4 is 0 Å². The number of hydrogen-bond acceptors (Lipinski definition) is 2. The maximum atomic E-state index is 12.2. The Kier molecular flexibility index (Phi) is 27.9. The van der Waals surface area contributed by atoms with Gasteiger partial charge >= 0.3 is 11.9 Å². The number of aliphatic carboxylic acids is 2.